The summed E-state index contributed by atoms with van der Waals surface area (Å²) in [6.45, 7) is 7.00. The largest absolute Gasteiger partial charge is 0.367 e. The highest BCUT2D eigenvalue weighted by molar-refractivity contribution is 5.84. The number of hydrogen-bond donors (Lipinski definition) is 1. The zero-order valence-electron chi connectivity index (χ0n) is 11.3. The van der Waals surface area contributed by atoms with Gasteiger partial charge >= 0.3 is 0 Å². The molecule has 3 fully saturated rings. The number of nitrogens with one attached hydrogen (secondary N) is 1. The molecular weight excluding hydrogens is 228 g/mol. The highest BCUT2D eigenvalue weighted by Gasteiger charge is 2.35. The number of morpholine rings is 1. The Balaban J connectivity index is 1.56. The molecule has 0 saturated carbocycles. The predicted molar refractivity (Wildman–Crippen MR) is 71.1 cm³/mol. The molecule has 5 heteroatoms. The SMILES string of the molecule is CN1CCN(C(=N)C2CN3CCCC3CO2)CC1. The lowest BCUT2D eigenvalue weighted by Crippen LogP contribution is -2.56. The van der Waals surface area contributed by atoms with Gasteiger partial charge in [-0.25, -0.2) is 0 Å². The van der Waals surface area contributed by atoms with Crippen molar-refractivity contribution in [2.24, 2.45) is 0 Å². The minimum absolute atomic E-state index is 0.00255. The maximum absolute atomic E-state index is 8.35. The Hall–Kier alpha value is -0.650. The van der Waals surface area contributed by atoms with Gasteiger partial charge in [0.25, 0.3) is 0 Å². The Labute approximate surface area is 109 Å². The fraction of sp³-hybridized carbons (Fsp3) is 0.923. The van der Waals surface area contributed by atoms with E-state index in [1.165, 1.54) is 19.4 Å². The zero-order chi connectivity index (χ0) is 12.5. The Morgan fingerprint density at radius 3 is 2.72 bits per heavy atom. The molecule has 3 rings (SSSR count). The Kier molecular flexibility index (Phi) is 3.54. The summed E-state index contributed by atoms with van der Waals surface area (Å²) in [5.74, 6) is 0.702. The van der Waals surface area contributed by atoms with Crippen molar-refractivity contribution in [1.29, 1.82) is 5.41 Å². The van der Waals surface area contributed by atoms with E-state index < -0.39 is 0 Å². The fourth-order valence-electron chi connectivity index (χ4n) is 3.23. The van der Waals surface area contributed by atoms with Crippen molar-refractivity contribution >= 4 is 5.84 Å². The van der Waals surface area contributed by atoms with E-state index in [2.05, 4.69) is 21.7 Å². The first kappa shape index (κ1) is 12.4. The van der Waals surface area contributed by atoms with Crippen molar-refractivity contribution in [3.63, 3.8) is 0 Å². The Bertz CT molecular complexity index is 314. The van der Waals surface area contributed by atoms with E-state index >= 15 is 0 Å². The molecule has 2 atom stereocenters. The van der Waals surface area contributed by atoms with E-state index in [-0.39, 0.29) is 6.10 Å². The van der Waals surface area contributed by atoms with Gasteiger partial charge in [-0.3, -0.25) is 10.3 Å². The predicted octanol–water partition coefficient (Wildman–Crippen LogP) is 0.0743. The first-order valence-corrected chi connectivity index (χ1v) is 7.11. The molecule has 2 unspecified atom stereocenters. The number of hydrogen-bond acceptors (Lipinski definition) is 4. The third kappa shape index (κ3) is 2.39. The molecular formula is C13H24N4O. The normalized spacial score (nSPS) is 34.6. The molecule has 3 aliphatic rings. The topological polar surface area (TPSA) is 42.8 Å². The average molecular weight is 252 g/mol. The third-order valence-corrected chi connectivity index (χ3v) is 4.54. The summed E-state index contributed by atoms with van der Waals surface area (Å²) in [5, 5.41) is 8.35. The van der Waals surface area contributed by atoms with E-state index in [9.17, 15) is 0 Å². The molecule has 0 bridgehead atoms. The molecule has 0 amide bonds. The summed E-state index contributed by atoms with van der Waals surface area (Å²) >= 11 is 0. The summed E-state index contributed by atoms with van der Waals surface area (Å²) in [4.78, 5) is 7.03. The molecule has 1 N–H and O–H groups in total. The molecule has 3 aliphatic heterocycles. The number of nitrogens with zero attached hydrogens (tertiary/aromatic N) is 3. The molecule has 0 aromatic rings. The Morgan fingerprint density at radius 1 is 1.17 bits per heavy atom. The van der Waals surface area contributed by atoms with Crippen molar-refractivity contribution in [3.05, 3.63) is 0 Å². The maximum Gasteiger partial charge on any atom is 0.127 e. The molecule has 5 nitrogen and oxygen atoms in total. The van der Waals surface area contributed by atoms with Crippen LogP contribution >= 0.6 is 0 Å². The second-order valence-corrected chi connectivity index (χ2v) is 5.79. The monoisotopic (exact) mass is 252 g/mol. The van der Waals surface area contributed by atoms with Gasteiger partial charge in [-0.2, -0.15) is 0 Å². The van der Waals surface area contributed by atoms with Crippen LogP contribution in [0.3, 0.4) is 0 Å². The van der Waals surface area contributed by atoms with Crippen molar-refractivity contribution in [3.8, 4) is 0 Å². The standard InChI is InChI=1S/C13H24N4O/c1-15-5-7-16(8-6-15)13(14)12-9-17-4-2-3-11(17)10-18-12/h11-12,14H,2-10H2,1H3. The summed E-state index contributed by atoms with van der Waals surface area (Å²) < 4.78 is 5.91. The van der Waals surface area contributed by atoms with E-state index in [1.54, 1.807) is 0 Å². The number of ether oxygens (including phenoxy) is 1. The van der Waals surface area contributed by atoms with Crippen LogP contribution in [0, 0.1) is 5.41 Å². The van der Waals surface area contributed by atoms with Gasteiger partial charge in [-0.1, -0.05) is 0 Å². The van der Waals surface area contributed by atoms with Crippen molar-refractivity contribution in [2.45, 2.75) is 25.0 Å². The zero-order valence-corrected chi connectivity index (χ0v) is 11.3. The van der Waals surface area contributed by atoms with Crippen LogP contribution in [0.25, 0.3) is 0 Å². The quantitative estimate of drug-likeness (QED) is 0.530. The second-order valence-electron chi connectivity index (χ2n) is 5.79. The number of rotatable bonds is 1. The van der Waals surface area contributed by atoms with Gasteiger partial charge in [0.15, 0.2) is 0 Å². The smallest absolute Gasteiger partial charge is 0.127 e. The van der Waals surface area contributed by atoms with Crippen LogP contribution in [0.2, 0.25) is 0 Å². The lowest BCUT2D eigenvalue weighted by molar-refractivity contribution is -0.0224. The van der Waals surface area contributed by atoms with Crippen LogP contribution in [-0.4, -0.2) is 85.6 Å². The minimum Gasteiger partial charge on any atom is -0.367 e. The molecule has 0 spiro atoms. The summed E-state index contributed by atoms with van der Waals surface area (Å²) in [5.41, 5.74) is 0. The summed E-state index contributed by atoms with van der Waals surface area (Å²) in [6, 6.07) is 0.626. The van der Waals surface area contributed by atoms with Crippen LogP contribution in [0.1, 0.15) is 12.8 Å². The van der Waals surface area contributed by atoms with Crippen LogP contribution in [0.5, 0.6) is 0 Å². The highest BCUT2D eigenvalue weighted by atomic mass is 16.5. The maximum atomic E-state index is 8.35. The minimum atomic E-state index is 0.00255. The fourth-order valence-corrected chi connectivity index (χ4v) is 3.23. The van der Waals surface area contributed by atoms with Gasteiger partial charge in [0.2, 0.25) is 0 Å². The summed E-state index contributed by atoms with van der Waals surface area (Å²) in [6.07, 6.45) is 2.57. The number of fused-ring (bicyclic) bond motifs is 1. The second kappa shape index (κ2) is 5.15. The molecule has 18 heavy (non-hydrogen) atoms. The van der Waals surface area contributed by atoms with Crippen molar-refractivity contribution in [1.82, 2.24) is 14.7 Å². The third-order valence-electron chi connectivity index (χ3n) is 4.54. The highest BCUT2D eigenvalue weighted by Crippen LogP contribution is 2.23. The number of piperazine rings is 1. The van der Waals surface area contributed by atoms with Gasteiger partial charge in [-0.15, -0.1) is 0 Å². The van der Waals surface area contributed by atoms with Gasteiger partial charge in [0, 0.05) is 38.8 Å². The molecule has 0 aromatic heterocycles. The van der Waals surface area contributed by atoms with E-state index in [0.29, 0.717) is 11.9 Å². The van der Waals surface area contributed by atoms with Gasteiger partial charge in [0.05, 0.1) is 6.61 Å². The van der Waals surface area contributed by atoms with Crippen LogP contribution < -0.4 is 0 Å². The average Bonchev–Trinajstić information content (AvgIpc) is 2.86. The first-order valence-electron chi connectivity index (χ1n) is 7.11. The van der Waals surface area contributed by atoms with E-state index in [4.69, 9.17) is 10.1 Å². The lowest BCUT2D eigenvalue weighted by Gasteiger charge is -2.40. The van der Waals surface area contributed by atoms with Crippen molar-refractivity contribution in [2.75, 3.05) is 52.9 Å². The van der Waals surface area contributed by atoms with E-state index in [0.717, 1.165) is 39.3 Å². The Morgan fingerprint density at radius 2 is 1.94 bits per heavy atom. The number of amidine groups is 1. The molecule has 0 aromatic carbocycles. The first-order chi connectivity index (χ1) is 8.74. The molecule has 102 valence electrons. The van der Waals surface area contributed by atoms with Gasteiger partial charge in [0.1, 0.15) is 11.9 Å². The lowest BCUT2D eigenvalue weighted by atomic mass is 10.1. The van der Waals surface area contributed by atoms with Gasteiger partial charge < -0.3 is 14.5 Å². The van der Waals surface area contributed by atoms with E-state index in [1.807, 2.05) is 0 Å². The summed E-state index contributed by atoms with van der Waals surface area (Å²) in [7, 11) is 2.15. The molecule has 0 radical (unpaired) electrons. The molecule has 3 saturated heterocycles. The number of likely N-dealkylation sites (N-methyl/N-ethyl adjacent to an activating group) is 1. The van der Waals surface area contributed by atoms with Gasteiger partial charge in [-0.05, 0) is 26.4 Å². The molecule has 3 heterocycles. The van der Waals surface area contributed by atoms with Crippen LogP contribution in [0.15, 0.2) is 0 Å². The van der Waals surface area contributed by atoms with Crippen molar-refractivity contribution < 1.29 is 4.74 Å². The van der Waals surface area contributed by atoms with Crippen LogP contribution in [-0.2, 0) is 4.74 Å². The van der Waals surface area contributed by atoms with Crippen LogP contribution in [0.4, 0.5) is 0 Å². The molecule has 0 aliphatic carbocycles.